The molecule has 1 aromatic carbocycles. The maximum absolute atomic E-state index is 5.62. The fraction of sp³-hybridized carbons (Fsp3) is 0.467. The Morgan fingerprint density at radius 1 is 1.41 bits per heavy atom. The second kappa shape index (κ2) is 7.91. The van der Waals surface area contributed by atoms with Crippen LogP contribution in [0.25, 0.3) is 0 Å². The Bertz CT molecular complexity index is 333. The third-order valence-electron chi connectivity index (χ3n) is 2.37. The molecule has 0 saturated carbocycles. The van der Waals surface area contributed by atoms with Gasteiger partial charge in [0.2, 0.25) is 0 Å². The van der Waals surface area contributed by atoms with Gasteiger partial charge in [-0.15, -0.1) is 6.58 Å². The zero-order chi connectivity index (χ0) is 12.5. The molecule has 0 radical (unpaired) electrons. The van der Waals surface area contributed by atoms with E-state index in [2.05, 4.69) is 37.9 Å². The molecule has 2 nitrogen and oxygen atoms in total. The van der Waals surface area contributed by atoms with E-state index in [1.807, 2.05) is 18.2 Å². The lowest BCUT2D eigenvalue weighted by Crippen LogP contribution is -2.18. The molecule has 0 saturated heterocycles. The maximum atomic E-state index is 5.62. The van der Waals surface area contributed by atoms with E-state index in [0.29, 0.717) is 12.5 Å². The van der Waals surface area contributed by atoms with Crippen LogP contribution in [0, 0.1) is 5.92 Å². The molecule has 1 N–H and O–H groups in total. The van der Waals surface area contributed by atoms with Gasteiger partial charge in [0, 0.05) is 6.54 Å². The molecule has 0 unspecified atom stereocenters. The van der Waals surface area contributed by atoms with Crippen molar-refractivity contribution in [3.8, 4) is 5.75 Å². The van der Waals surface area contributed by atoms with E-state index in [1.54, 1.807) is 0 Å². The van der Waals surface area contributed by atoms with Crippen LogP contribution in [-0.2, 0) is 6.54 Å². The molecule has 0 amide bonds. The van der Waals surface area contributed by atoms with Gasteiger partial charge in [-0.3, -0.25) is 0 Å². The van der Waals surface area contributed by atoms with Gasteiger partial charge in [-0.2, -0.15) is 0 Å². The van der Waals surface area contributed by atoms with Crippen molar-refractivity contribution in [2.45, 2.75) is 26.8 Å². The standard InChI is InChI=1S/C15H23NO/c1-4-5-9-17-15-8-6-7-14(10-15)12-16-11-13(2)3/h4,6-8,10,13,16H,1,5,9,11-12H2,2-3H3. The highest BCUT2D eigenvalue weighted by atomic mass is 16.5. The van der Waals surface area contributed by atoms with Gasteiger partial charge >= 0.3 is 0 Å². The Hall–Kier alpha value is -1.28. The zero-order valence-corrected chi connectivity index (χ0v) is 10.9. The van der Waals surface area contributed by atoms with Crippen LogP contribution in [0.2, 0.25) is 0 Å². The second-order valence-electron chi connectivity index (χ2n) is 4.60. The minimum absolute atomic E-state index is 0.682. The van der Waals surface area contributed by atoms with Crippen molar-refractivity contribution in [1.82, 2.24) is 5.32 Å². The summed E-state index contributed by atoms with van der Waals surface area (Å²) in [7, 11) is 0. The first kappa shape index (κ1) is 13.8. The van der Waals surface area contributed by atoms with Crippen molar-refractivity contribution in [1.29, 1.82) is 0 Å². The lowest BCUT2D eigenvalue weighted by molar-refractivity contribution is 0.324. The van der Waals surface area contributed by atoms with E-state index < -0.39 is 0 Å². The van der Waals surface area contributed by atoms with Gasteiger partial charge in [-0.1, -0.05) is 32.1 Å². The SMILES string of the molecule is C=CCCOc1cccc(CNCC(C)C)c1. The summed E-state index contributed by atoms with van der Waals surface area (Å²) in [4.78, 5) is 0. The van der Waals surface area contributed by atoms with E-state index in [1.165, 1.54) is 5.56 Å². The normalized spacial score (nSPS) is 10.5. The van der Waals surface area contributed by atoms with Gasteiger partial charge in [0.25, 0.3) is 0 Å². The number of hydrogen-bond acceptors (Lipinski definition) is 2. The summed E-state index contributed by atoms with van der Waals surface area (Å²) in [5.41, 5.74) is 1.27. The molecule has 0 aliphatic rings. The quantitative estimate of drug-likeness (QED) is 0.549. The van der Waals surface area contributed by atoms with Crippen molar-refractivity contribution in [3.63, 3.8) is 0 Å². The summed E-state index contributed by atoms with van der Waals surface area (Å²) in [6.45, 7) is 10.7. The van der Waals surface area contributed by atoms with Crippen LogP contribution in [0.15, 0.2) is 36.9 Å². The molecule has 0 fully saturated rings. The summed E-state index contributed by atoms with van der Waals surface area (Å²) in [5.74, 6) is 1.62. The first-order chi connectivity index (χ1) is 8.22. The Kier molecular flexibility index (Phi) is 6.41. The third kappa shape index (κ3) is 6.12. The molecule has 0 aliphatic heterocycles. The smallest absolute Gasteiger partial charge is 0.119 e. The maximum Gasteiger partial charge on any atom is 0.119 e. The van der Waals surface area contributed by atoms with E-state index in [4.69, 9.17) is 4.74 Å². The first-order valence-electron chi connectivity index (χ1n) is 6.25. The monoisotopic (exact) mass is 233 g/mol. The van der Waals surface area contributed by atoms with Gasteiger partial charge in [-0.05, 0) is 36.6 Å². The van der Waals surface area contributed by atoms with Crippen molar-refractivity contribution in [2.75, 3.05) is 13.2 Å². The van der Waals surface area contributed by atoms with Gasteiger partial charge in [-0.25, -0.2) is 0 Å². The highest BCUT2D eigenvalue weighted by Crippen LogP contribution is 2.13. The first-order valence-corrected chi connectivity index (χ1v) is 6.25. The topological polar surface area (TPSA) is 21.3 Å². The third-order valence-corrected chi connectivity index (χ3v) is 2.37. The van der Waals surface area contributed by atoms with Crippen LogP contribution in [-0.4, -0.2) is 13.2 Å². The summed E-state index contributed by atoms with van der Waals surface area (Å²) < 4.78 is 5.62. The summed E-state index contributed by atoms with van der Waals surface area (Å²) in [6.07, 6.45) is 2.75. The number of nitrogens with one attached hydrogen (secondary N) is 1. The average molecular weight is 233 g/mol. The minimum atomic E-state index is 0.682. The molecule has 0 aromatic heterocycles. The van der Waals surface area contributed by atoms with Crippen LogP contribution >= 0.6 is 0 Å². The fourth-order valence-electron chi connectivity index (χ4n) is 1.51. The Morgan fingerprint density at radius 3 is 2.94 bits per heavy atom. The predicted octanol–water partition coefficient (Wildman–Crippen LogP) is 3.39. The molecule has 0 bridgehead atoms. The number of rotatable bonds is 8. The number of ether oxygens (including phenoxy) is 1. The van der Waals surface area contributed by atoms with E-state index in [0.717, 1.165) is 25.3 Å². The van der Waals surface area contributed by atoms with Crippen molar-refractivity contribution >= 4 is 0 Å². The van der Waals surface area contributed by atoms with E-state index in [9.17, 15) is 0 Å². The molecule has 0 atom stereocenters. The van der Waals surface area contributed by atoms with Crippen LogP contribution in [0.1, 0.15) is 25.8 Å². The summed E-state index contributed by atoms with van der Waals surface area (Å²) in [6, 6.07) is 8.24. The van der Waals surface area contributed by atoms with Crippen molar-refractivity contribution in [3.05, 3.63) is 42.5 Å². The molecular formula is C15H23NO. The predicted molar refractivity (Wildman–Crippen MR) is 73.3 cm³/mol. The molecule has 17 heavy (non-hydrogen) atoms. The van der Waals surface area contributed by atoms with Gasteiger partial charge in [0.15, 0.2) is 0 Å². The second-order valence-corrected chi connectivity index (χ2v) is 4.60. The number of benzene rings is 1. The lowest BCUT2D eigenvalue weighted by atomic mass is 10.2. The molecule has 1 rings (SSSR count). The van der Waals surface area contributed by atoms with Gasteiger partial charge in [0.05, 0.1) is 6.61 Å². The van der Waals surface area contributed by atoms with Gasteiger partial charge in [0.1, 0.15) is 5.75 Å². The van der Waals surface area contributed by atoms with Gasteiger partial charge < -0.3 is 10.1 Å². The highest BCUT2D eigenvalue weighted by Gasteiger charge is 1.98. The molecule has 0 spiro atoms. The number of hydrogen-bond donors (Lipinski definition) is 1. The van der Waals surface area contributed by atoms with Crippen LogP contribution in [0.4, 0.5) is 0 Å². The van der Waals surface area contributed by atoms with Crippen LogP contribution in [0.3, 0.4) is 0 Å². The van der Waals surface area contributed by atoms with Crippen LogP contribution in [0.5, 0.6) is 5.75 Å². The molecular weight excluding hydrogens is 210 g/mol. The highest BCUT2D eigenvalue weighted by molar-refractivity contribution is 5.28. The average Bonchev–Trinajstić information content (AvgIpc) is 2.29. The largest absolute Gasteiger partial charge is 0.493 e. The summed E-state index contributed by atoms with van der Waals surface area (Å²) in [5, 5.41) is 3.42. The van der Waals surface area contributed by atoms with Crippen LogP contribution < -0.4 is 10.1 Å². The van der Waals surface area contributed by atoms with E-state index in [-0.39, 0.29) is 0 Å². The molecule has 0 aliphatic carbocycles. The zero-order valence-electron chi connectivity index (χ0n) is 10.9. The molecule has 1 aromatic rings. The van der Waals surface area contributed by atoms with E-state index >= 15 is 0 Å². The lowest BCUT2D eigenvalue weighted by Gasteiger charge is -2.09. The Labute approximate surface area is 105 Å². The molecule has 0 heterocycles. The summed E-state index contributed by atoms with van der Waals surface area (Å²) >= 11 is 0. The molecule has 94 valence electrons. The Morgan fingerprint density at radius 2 is 2.24 bits per heavy atom. The Balaban J connectivity index is 2.39. The fourth-order valence-corrected chi connectivity index (χ4v) is 1.51. The molecule has 2 heteroatoms. The van der Waals surface area contributed by atoms with Crippen molar-refractivity contribution < 1.29 is 4.74 Å². The van der Waals surface area contributed by atoms with Crippen molar-refractivity contribution in [2.24, 2.45) is 5.92 Å². The minimum Gasteiger partial charge on any atom is -0.493 e.